The second-order valence-electron chi connectivity index (χ2n) is 11.4. The number of fused-ring (bicyclic) bond motifs is 1. The summed E-state index contributed by atoms with van der Waals surface area (Å²) in [7, 11) is 0. The van der Waals surface area contributed by atoms with Crippen molar-refractivity contribution in [2.45, 2.75) is 68.9 Å². The van der Waals surface area contributed by atoms with E-state index in [4.69, 9.17) is 9.84 Å². The van der Waals surface area contributed by atoms with Crippen molar-refractivity contribution in [1.82, 2.24) is 44.9 Å². The molecule has 0 atom stereocenters. The zero-order chi connectivity index (χ0) is 30.7. The van der Waals surface area contributed by atoms with Crippen LogP contribution in [0, 0.1) is 11.3 Å². The number of hydrogen-bond donors (Lipinski definition) is 3. The highest BCUT2D eigenvalue weighted by Crippen LogP contribution is 2.39. The summed E-state index contributed by atoms with van der Waals surface area (Å²) in [4.78, 5) is 21.4. The molecule has 0 spiro atoms. The molecule has 2 fully saturated rings. The first-order chi connectivity index (χ1) is 21.3. The van der Waals surface area contributed by atoms with Crippen molar-refractivity contribution in [3.05, 3.63) is 48.6 Å². The second kappa shape index (κ2) is 12.5. The summed E-state index contributed by atoms with van der Waals surface area (Å²) in [5.74, 6) is -1.31. The number of nitrogens with zero attached hydrogens (tertiary/aromatic N) is 8. The van der Waals surface area contributed by atoms with Crippen LogP contribution < -0.4 is 10.1 Å². The molecule has 0 amide bonds. The minimum atomic E-state index is -4.69. The number of ether oxygens (including phenoxy) is 1. The molecule has 4 aromatic heterocycles. The lowest BCUT2D eigenvalue weighted by Crippen LogP contribution is -2.65. The van der Waals surface area contributed by atoms with Crippen LogP contribution in [-0.4, -0.2) is 83.1 Å². The molecule has 0 bridgehead atoms. The van der Waals surface area contributed by atoms with Gasteiger partial charge in [0.15, 0.2) is 0 Å². The van der Waals surface area contributed by atoms with E-state index in [9.17, 15) is 18.4 Å². The lowest BCUT2D eigenvalue weighted by Gasteiger charge is -2.53. The minimum Gasteiger partial charge on any atom is -0.474 e. The molecule has 232 valence electrons. The number of aromatic nitrogens is 7. The number of nitriles is 1. The highest BCUT2D eigenvalue weighted by atomic mass is 19.4. The summed E-state index contributed by atoms with van der Waals surface area (Å²) < 4.78 is 48.2. The van der Waals surface area contributed by atoms with Gasteiger partial charge in [0.2, 0.25) is 11.7 Å². The largest absolute Gasteiger partial charge is 0.474 e. The normalized spacial score (nSPS) is 20.3. The quantitative estimate of drug-likeness (QED) is 0.215. The second-order valence-corrected chi connectivity index (χ2v) is 11.4. The van der Waals surface area contributed by atoms with E-state index in [1.807, 2.05) is 23.1 Å². The third kappa shape index (κ3) is 6.23. The summed E-state index contributed by atoms with van der Waals surface area (Å²) >= 11 is 0. The summed E-state index contributed by atoms with van der Waals surface area (Å²) in [5.41, 5.74) is 2.12. The van der Waals surface area contributed by atoms with E-state index in [1.165, 1.54) is 12.4 Å². The van der Waals surface area contributed by atoms with Crippen molar-refractivity contribution in [2.24, 2.45) is 0 Å². The number of hydrogen-bond acceptors (Lipinski definition) is 10. The van der Waals surface area contributed by atoms with Crippen molar-refractivity contribution in [3.8, 4) is 23.2 Å². The number of aromatic amines is 1. The van der Waals surface area contributed by atoms with Crippen molar-refractivity contribution in [2.75, 3.05) is 26.2 Å². The number of alkyl halides is 3. The van der Waals surface area contributed by atoms with Crippen LogP contribution in [0.5, 0.6) is 5.88 Å². The molecule has 3 N–H and O–H groups in total. The van der Waals surface area contributed by atoms with Gasteiger partial charge in [-0.05, 0) is 44.7 Å². The van der Waals surface area contributed by atoms with Gasteiger partial charge in [0, 0.05) is 61.7 Å². The zero-order valence-corrected chi connectivity index (χ0v) is 24.0. The van der Waals surface area contributed by atoms with Crippen LogP contribution in [0.3, 0.4) is 0 Å². The maximum atomic E-state index is 13.5. The molecule has 12 nitrogen and oxygen atoms in total. The first-order valence-corrected chi connectivity index (χ1v) is 14.7. The summed E-state index contributed by atoms with van der Waals surface area (Å²) in [6.45, 7) is 1.91. The van der Waals surface area contributed by atoms with E-state index in [2.05, 4.69) is 46.3 Å². The maximum Gasteiger partial charge on any atom is 0.451 e. The Bertz CT molecular complexity index is 1620. The molecule has 44 heavy (non-hydrogen) atoms. The van der Waals surface area contributed by atoms with Gasteiger partial charge in [-0.3, -0.25) is 9.58 Å². The molecule has 0 radical (unpaired) electrons. The summed E-state index contributed by atoms with van der Waals surface area (Å²) in [6.07, 6.45) is 5.89. The Morgan fingerprint density at radius 2 is 2.00 bits per heavy atom. The van der Waals surface area contributed by atoms with Gasteiger partial charge in [0.25, 0.3) is 0 Å². The Balaban J connectivity index is 1.07. The highest BCUT2D eigenvalue weighted by molar-refractivity contribution is 5.90. The monoisotopic (exact) mass is 610 g/mol. The highest BCUT2D eigenvalue weighted by Gasteiger charge is 2.48. The van der Waals surface area contributed by atoms with Gasteiger partial charge in [0.05, 0.1) is 30.1 Å². The van der Waals surface area contributed by atoms with E-state index in [1.54, 1.807) is 6.20 Å². The molecular weight excluding hydrogens is 577 g/mol. The van der Waals surface area contributed by atoms with Crippen molar-refractivity contribution in [3.63, 3.8) is 0 Å². The van der Waals surface area contributed by atoms with Gasteiger partial charge < -0.3 is 20.1 Å². The van der Waals surface area contributed by atoms with E-state index in [0.717, 1.165) is 35.1 Å². The first kappa shape index (κ1) is 29.9. The van der Waals surface area contributed by atoms with Crippen molar-refractivity contribution in [1.29, 1.82) is 5.26 Å². The van der Waals surface area contributed by atoms with Crippen LogP contribution in [0.2, 0.25) is 0 Å². The van der Waals surface area contributed by atoms with Crippen molar-refractivity contribution < 1.29 is 23.0 Å². The molecule has 0 aromatic carbocycles. The Labute approximate surface area is 251 Å². The number of halogens is 3. The van der Waals surface area contributed by atoms with E-state index in [-0.39, 0.29) is 36.9 Å². The smallest absolute Gasteiger partial charge is 0.451 e. The number of aliphatic hydroxyl groups is 1. The number of aliphatic hydroxyl groups excluding tert-OH is 1. The van der Waals surface area contributed by atoms with Gasteiger partial charge in [-0.1, -0.05) is 0 Å². The predicted octanol–water partition coefficient (Wildman–Crippen LogP) is 3.42. The lowest BCUT2D eigenvalue weighted by atomic mass is 9.82. The SMILES string of the molecule is N#CCC1(n2cc(-c3ncnc4[nH]ccc34)cn2)CN(C2CCC(Oc3cc(CNCCCO)nc(C(F)(F)F)n3)CC2)C1. The lowest BCUT2D eigenvalue weighted by molar-refractivity contribution is -0.145. The fourth-order valence-electron chi connectivity index (χ4n) is 6.13. The Morgan fingerprint density at radius 1 is 1.18 bits per heavy atom. The first-order valence-electron chi connectivity index (χ1n) is 14.7. The number of nitrogens with one attached hydrogen (secondary N) is 2. The number of likely N-dealkylation sites (tertiary alicyclic amines) is 1. The number of H-pyrrole nitrogens is 1. The molecule has 5 heterocycles. The average molecular weight is 611 g/mol. The maximum absolute atomic E-state index is 13.5. The van der Waals surface area contributed by atoms with E-state index < -0.39 is 17.5 Å². The molecule has 0 unspecified atom stereocenters. The molecule has 1 saturated carbocycles. The molecular formula is C29H33F3N10O2. The van der Waals surface area contributed by atoms with Crippen LogP contribution in [0.1, 0.15) is 50.0 Å². The zero-order valence-electron chi connectivity index (χ0n) is 24.0. The molecule has 1 saturated heterocycles. The summed E-state index contributed by atoms with van der Waals surface area (Å²) in [5, 5.41) is 27.1. The van der Waals surface area contributed by atoms with Gasteiger partial charge in [-0.25, -0.2) is 15.0 Å². The Kier molecular flexibility index (Phi) is 8.48. The van der Waals surface area contributed by atoms with Crippen LogP contribution in [0.15, 0.2) is 37.1 Å². The fourth-order valence-corrected chi connectivity index (χ4v) is 6.13. The summed E-state index contributed by atoms with van der Waals surface area (Å²) in [6, 6.07) is 5.98. The van der Waals surface area contributed by atoms with Crippen molar-refractivity contribution >= 4 is 11.0 Å². The van der Waals surface area contributed by atoms with Gasteiger partial charge >= 0.3 is 6.18 Å². The molecule has 1 aliphatic carbocycles. The van der Waals surface area contributed by atoms with Crippen LogP contribution in [0.25, 0.3) is 22.3 Å². The predicted molar refractivity (Wildman–Crippen MR) is 152 cm³/mol. The van der Waals surface area contributed by atoms with E-state index >= 15 is 0 Å². The molecule has 2 aliphatic rings. The Morgan fingerprint density at radius 3 is 2.75 bits per heavy atom. The fraction of sp³-hybridized carbons (Fsp3) is 0.517. The van der Waals surface area contributed by atoms with Crippen LogP contribution >= 0.6 is 0 Å². The Hall–Kier alpha value is -4.13. The van der Waals surface area contributed by atoms with E-state index in [0.29, 0.717) is 45.3 Å². The van der Waals surface area contributed by atoms with Gasteiger partial charge in [0.1, 0.15) is 23.6 Å². The van der Waals surface area contributed by atoms with Gasteiger partial charge in [-0.2, -0.15) is 28.5 Å². The topological polar surface area (TPSA) is 154 Å². The molecule has 6 rings (SSSR count). The molecule has 1 aliphatic heterocycles. The minimum absolute atomic E-state index is 0.00978. The molecule has 15 heteroatoms. The average Bonchev–Trinajstić information content (AvgIpc) is 3.68. The molecule has 4 aromatic rings. The van der Waals surface area contributed by atoms with Gasteiger partial charge in [-0.15, -0.1) is 0 Å². The number of rotatable bonds is 11. The van der Waals surface area contributed by atoms with Crippen LogP contribution in [-0.2, 0) is 18.3 Å². The third-order valence-electron chi connectivity index (χ3n) is 8.37. The standard InChI is InChI=1S/C29H33F3N10O2/c30-29(31,32)27-39-20(14-34-9-1-11-43)12-24(40-27)44-22-4-2-21(3-5-22)41-16-28(17-41,7-8-33)42-15-19(13-38-42)25-23-6-10-35-26(23)37-18-36-25/h6,10,12-13,15,18,21-22,34,43H,1-5,7,9,11,14,16-17H2,(H,35,36,37). The van der Waals surface area contributed by atoms with Crippen LogP contribution in [0.4, 0.5) is 13.2 Å². The third-order valence-corrected chi connectivity index (χ3v) is 8.37.